The number of aromatic nitrogens is 1. The molecule has 0 saturated carbocycles. The lowest BCUT2D eigenvalue weighted by atomic mass is 10.0. The number of benzene rings is 1. The van der Waals surface area contributed by atoms with Crippen LogP contribution in [0.2, 0.25) is 0 Å². The number of halogens is 3. The third-order valence-electron chi connectivity index (χ3n) is 3.71. The maximum Gasteiger partial charge on any atom is 0.443 e. The van der Waals surface area contributed by atoms with Gasteiger partial charge in [-0.25, -0.2) is 9.78 Å². The second-order valence-corrected chi connectivity index (χ2v) is 6.76. The highest BCUT2D eigenvalue weighted by Gasteiger charge is 2.35. The molecule has 2 aromatic rings. The predicted octanol–water partition coefficient (Wildman–Crippen LogP) is 3.05. The number of hydrogen-bond acceptors (Lipinski definition) is 6. The van der Waals surface area contributed by atoms with Crippen molar-refractivity contribution in [3.63, 3.8) is 0 Å². The van der Waals surface area contributed by atoms with Gasteiger partial charge in [-0.2, -0.15) is 13.2 Å². The van der Waals surface area contributed by atoms with Gasteiger partial charge in [0.05, 0.1) is 5.69 Å². The van der Waals surface area contributed by atoms with Crippen molar-refractivity contribution < 1.29 is 32.9 Å². The minimum atomic E-state index is -4.51. The summed E-state index contributed by atoms with van der Waals surface area (Å²) in [4.78, 5) is 13.9. The van der Waals surface area contributed by atoms with Gasteiger partial charge in [0.1, 0.15) is 11.9 Å². The van der Waals surface area contributed by atoms with Crippen LogP contribution in [-0.2, 0) is 11.0 Å². The molecule has 0 aliphatic rings. The molecular weight excluding hydrogens is 385 g/mol. The molecule has 1 aromatic heterocycles. The molecule has 0 spiro atoms. The fourth-order valence-corrected chi connectivity index (χ4v) is 3.00. The van der Waals surface area contributed by atoms with E-state index in [-0.39, 0.29) is 18.2 Å². The number of aliphatic hydroxyl groups excluding tert-OH is 1. The van der Waals surface area contributed by atoms with Gasteiger partial charge in [0.25, 0.3) is 0 Å². The van der Waals surface area contributed by atoms with Crippen LogP contribution in [0.15, 0.2) is 29.6 Å². The van der Waals surface area contributed by atoms with E-state index in [1.54, 1.807) is 24.3 Å². The smallest absolute Gasteiger partial charge is 0.443 e. The Bertz CT molecular complexity index is 749. The Balaban J connectivity index is 1.80. The van der Waals surface area contributed by atoms with Crippen LogP contribution in [0.4, 0.5) is 13.2 Å². The maximum atomic E-state index is 12.5. The number of aliphatic hydroxyl groups is 1. The van der Waals surface area contributed by atoms with Crippen LogP contribution in [0.1, 0.15) is 35.2 Å². The number of ether oxygens (including phenoxy) is 1. The van der Waals surface area contributed by atoms with Crippen molar-refractivity contribution in [2.45, 2.75) is 25.1 Å². The number of thiazole rings is 1. The minimum Gasteiger partial charge on any atom is -0.482 e. The lowest BCUT2D eigenvalue weighted by Crippen LogP contribution is -2.25. The fourth-order valence-electron chi connectivity index (χ4n) is 2.27. The SMILES string of the molecule is CC(CNCC(O)c1csc(C(F)(F)F)n1)c1ccc(OCC(=O)O)cc1. The Kier molecular flexibility index (Phi) is 7.17. The van der Waals surface area contributed by atoms with Crippen LogP contribution in [0.3, 0.4) is 0 Å². The molecule has 10 heteroatoms. The summed E-state index contributed by atoms with van der Waals surface area (Å²) in [5, 5.41) is 21.8. The molecule has 148 valence electrons. The molecule has 2 atom stereocenters. The zero-order chi connectivity index (χ0) is 20.0. The van der Waals surface area contributed by atoms with Gasteiger partial charge >= 0.3 is 12.1 Å². The van der Waals surface area contributed by atoms with Crippen molar-refractivity contribution in [1.82, 2.24) is 10.3 Å². The van der Waals surface area contributed by atoms with Crippen LogP contribution in [0.5, 0.6) is 5.75 Å². The minimum absolute atomic E-state index is 0.00703. The zero-order valence-corrected chi connectivity index (χ0v) is 15.2. The average Bonchev–Trinajstić information content (AvgIpc) is 3.11. The van der Waals surface area contributed by atoms with Crippen LogP contribution in [-0.4, -0.2) is 40.9 Å². The maximum absolute atomic E-state index is 12.5. The first-order valence-electron chi connectivity index (χ1n) is 8.02. The van der Waals surface area contributed by atoms with E-state index in [9.17, 15) is 23.1 Å². The largest absolute Gasteiger partial charge is 0.482 e. The van der Waals surface area contributed by atoms with Gasteiger partial charge in [-0.3, -0.25) is 0 Å². The monoisotopic (exact) mass is 404 g/mol. The van der Waals surface area contributed by atoms with Crippen LogP contribution < -0.4 is 10.1 Å². The molecular formula is C17H19F3N2O4S. The normalized spacial score (nSPS) is 14.0. The molecule has 0 radical (unpaired) electrons. The summed E-state index contributed by atoms with van der Waals surface area (Å²) in [5.74, 6) is -0.551. The lowest BCUT2D eigenvalue weighted by molar-refractivity contribution is -0.139. The first kappa shape index (κ1) is 21.1. The lowest BCUT2D eigenvalue weighted by Gasteiger charge is -2.15. The summed E-state index contributed by atoms with van der Waals surface area (Å²) in [6, 6.07) is 6.93. The summed E-state index contributed by atoms with van der Waals surface area (Å²) in [6.07, 6.45) is -5.64. The highest BCUT2D eigenvalue weighted by atomic mass is 32.1. The number of carboxylic acid groups (broad SMARTS) is 1. The number of rotatable bonds is 9. The third kappa shape index (κ3) is 6.49. The van der Waals surface area contributed by atoms with Gasteiger partial charge in [0.15, 0.2) is 11.6 Å². The van der Waals surface area contributed by atoms with Crippen molar-refractivity contribution in [3.8, 4) is 5.75 Å². The molecule has 2 unspecified atom stereocenters. The molecule has 0 bridgehead atoms. The Hall–Kier alpha value is -2.17. The summed E-state index contributed by atoms with van der Waals surface area (Å²) in [6.45, 7) is 2.09. The Labute approximate surface area is 157 Å². The fraction of sp³-hybridized carbons (Fsp3) is 0.412. The zero-order valence-electron chi connectivity index (χ0n) is 14.4. The quantitative estimate of drug-likeness (QED) is 0.595. The summed E-state index contributed by atoms with van der Waals surface area (Å²) in [5.41, 5.74) is 0.958. The molecule has 0 saturated heterocycles. The highest BCUT2D eigenvalue weighted by Crippen LogP contribution is 2.32. The highest BCUT2D eigenvalue weighted by molar-refractivity contribution is 7.09. The van der Waals surface area contributed by atoms with Crippen LogP contribution in [0, 0.1) is 0 Å². The first-order chi connectivity index (χ1) is 12.7. The molecule has 0 aliphatic heterocycles. The molecule has 0 aliphatic carbocycles. The molecule has 3 N–H and O–H groups in total. The standard InChI is InChI=1S/C17H19F3N2O4S/c1-10(11-2-4-12(5-3-11)26-8-15(24)25)6-21-7-14(23)13-9-27-16(22-13)17(18,19)20/h2-5,9-10,14,21,23H,6-8H2,1H3,(H,24,25). The summed E-state index contributed by atoms with van der Waals surface area (Å²) >= 11 is 0.456. The number of alkyl halides is 3. The number of nitrogens with one attached hydrogen (secondary N) is 1. The molecule has 6 nitrogen and oxygen atoms in total. The van der Waals surface area contributed by atoms with Crippen LogP contribution in [0.25, 0.3) is 0 Å². The first-order valence-corrected chi connectivity index (χ1v) is 8.90. The molecule has 2 rings (SSSR count). The van der Waals surface area contributed by atoms with Gasteiger partial charge in [-0.05, 0) is 23.6 Å². The van der Waals surface area contributed by atoms with Crippen molar-refractivity contribution in [2.75, 3.05) is 19.7 Å². The number of carbonyl (C=O) groups is 1. The van der Waals surface area contributed by atoms with Crippen molar-refractivity contribution >= 4 is 17.3 Å². The van der Waals surface area contributed by atoms with E-state index in [1.807, 2.05) is 6.92 Å². The van der Waals surface area contributed by atoms with Gasteiger partial charge in [-0.15, -0.1) is 11.3 Å². The molecule has 1 aromatic carbocycles. The van der Waals surface area contributed by atoms with Gasteiger partial charge < -0.3 is 20.3 Å². The summed E-state index contributed by atoms with van der Waals surface area (Å²) in [7, 11) is 0. The summed E-state index contributed by atoms with van der Waals surface area (Å²) < 4.78 is 42.7. The van der Waals surface area contributed by atoms with Gasteiger partial charge in [0, 0.05) is 18.5 Å². The Morgan fingerprint density at radius 2 is 1.96 bits per heavy atom. The van der Waals surface area contributed by atoms with E-state index in [4.69, 9.17) is 9.84 Å². The average molecular weight is 404 g/mol. The number of nitrogens with zero attached hydrogens (tertiary/aromatic N) is 1. The van der Waals surface area contributed by atoms with E-state index in [0.29, 0.717) is 23.6 Å². The predicted molar refractivity (Wildman–Crippen MR) is 92.9 cm³/mol. The van der Waals surface area contributed by atoms with E-state index in [0.717, 1.165) is 5.56 Å². The van der Waals surface area contributed by atoms with E-state index in [1.165, 1.54) is 5.38 Å². The van der Waals surface area contributed by atoms with E-state index in [2.05, 4.69) is 10.3 Å². The second kappa shape index (κ2) is 9.16. The molecule has 0 fully saturated rings. The third-order valence-corrected chi connectivity index (χ3v) is 4.61. The van der Waals surface area contributed by atoms with Gasteiger partial charge in [0.2, 0.25) is 0 Å². The van der Waals surface area contributed by atoms with Crippen LogP contribution >= 0.6 is 11.3 Å². The van der Waals surface area contributed by atoms with E-state index < -0.39 is 29.9 Å². The van der Waals surface area contributed by atoms with Crippen molar-refractivity contribution in [1.29, 1.82) is 0 Å². The van der Waals surface area contributed by atoms with Crippen molar-refractivity contribution in [2.24, 2.45) is 0 Å². The van der Waals surface area contributed by atoms with E-state index >= 15 is 0 Å². The number of aliphatic carboxylic acids is 1. The molecule has 1 heterocycles. The second-order valence-electron chi connectivity index (χ2n) is 5.90. The van der Waals surface area contributed by atoms with Crippen molar-refractivity contribution in [3.05, 3.63) is 45.9 Å². The number of carboxylic acids is 1. The van der Waals surface area contributed by atoms with Gasteiger partial charge in [-0.1, -0.05) is 19.1 Å². The topological polar surface area (TPSA) is 91.7 Å². The molecule has 0 amide bonds. The molecule has 27 heavy (non-hydrogen) atoms. The Morgan fingerprint density at radius 3 is 2.52 bits per heavy atom. The number of hydrogen-bond donors (Lipinski definition) is 3. The Morgan fingerprint density at radius 1 is 1.30 bits per heavy atom.